The van der Waals surface area contributed by atoms with Gasteiger partial charge in [0.1, 0.15) is 17.8 Å². The molecule has 0 bridgehead atoms. The topological polar surface area (TPSA) is 35.5 Å². The van der Waals surface area contributed by atoms with Crippen molar-refractivity contribution >= 4 is 6.29 Å². The van der Waals surface area contributed by atoms with Crippen LogP contribution in [0.1, 0.15) is 22.8 Å². The Labute approximate surface area is 82.6 Å². The molecule has 1 aliphatic heterocycles. The average Bonchev–Trinajstić information content (AvgIpc) is 2.66. The van der Waals surface area contributed by atoms with Crippen molar-refractivity contribution in [3.05, 3.63) is 23.3 Å². The van der Waals surface area contributed by atoms with E-state index in [0.717, 1.165) is 29.8 Å². The molecule has 1 heterocycles. The van der Waals surface area contributed by atoms with Gasteiger partial charge < -0.3 is 9.47 Å². The molecule has 14 heavy (non-hydrogen) atoms. The van der Waals surface area contributed by atoms with Gasteiger partial charge >= 0.3 is 0 Å². The summed E-state index contributed by atoms with van der Waals surface area (Å²) in [6, 6.07) is 3.53. The van der Waals surface area contributed by atoms with E-state index in [1.807, 2.05) is 6.92 Å². The molecular weight excluding hydrogens is 180 g/mol. The molecule has 0 saturated carbocycles. The van der Waals surface area contributed by atoms with Crippen molar-refractivity contribution in [1.29, 1.82) is 0 Å². The van der Waals surface area contributed by atoms with Gasteiger partial charge in [0.05, 0.1) is 13.2 Å². The molecule has 1 aliphatic rings. The van der Waals surface area contributed by atoms with Gasteiger partial charge in [-0.05, 0) is 19.1 Å². The second-order valence-electron chi connectivity index (χ2n) is 3.15. The largest absolute Gasteiger partial charge is 0.493 e. The third-order valence-corrected chi connectivity index (χ3v) is 2.24. The van der Waals surface area contributed by atoms with Crippen LogP contribution in [0.3, 0.4) is 0 Å². The van der Waals surface area contributed by atoms with Crippen LogP contribution in [0.25, 0.3) is 0 Å². The van der Waals surface area contributed by atoms with Crippen LogP contribution in [0, 0.1) is 0 Å². The summed E-state index contributed by atoms with van der Waals surface area (Å²) < 4.78 is 10.8. The third kappa shape index (κ3) is 1.45. The zero-order valence-corrected chi connectivity index (χ0v) is 8.08. The lowest BCUT2D eigenvalue weighted by molar-refractivity contribution is 0.112. The van der Waals surface area contributed by atoms with Crippen molar-refractivity contribution in [1.82, 2.24) is 0 Å². The predicted octanol–water partition coefficient (Wildman–Crippen LogP) is 1.83. The van der Waals surface area contributed by atoms with Crippen LogP contribution in [0.15, 0.2) is 12.1 Å². The van der Waals surface area contributed by atoms with Gasteiger partial charge in [-0.1, -0.05) is 0 Å². The van der Waals surface area contributed by atoms with E-state index in [-0.39, 0.29) is 0 Å². The van der Waals surface area contributed by atoms with Gasteiger partial charge in [0.25, 0.3) is 0 Å². The Morgan fingerprint density at radius 1 is 1.57 bits per heavy atom. The van der Waals surface area contributed by atoms with E-state index in [1.165, 1.54) is 0 Å². The lowest BCUT2D eigenvalue weighted by atomic mass is 10.1. The van der Waals surface area contributed by atoms with E-state index < -0.39 is 0 Å². The molecule has 3 nitrogen and oxygen atoms in total. The molecule has 74 valence electrons. The molecule has 0 spiro atoms. The molecule has 0 radical (unpaired) electrons. The van der Waals surface area contributed by atoms with Crippen LogP contribution in [-0.2, 0) is 6.42 Å². The first kappa shape index (κ1) is 9.06. The van der Waals surface area contributed by atoms with E-state index in [1.54, 1.807) is 12.1 Å². The molecule has 3 heteroatoms. The fraction of sp³-hybridized carbons (Fsp3) is 0.364. The van der Waals surface area contributed by atoms with Crippen LogP contribution in [0.5, 0.6) is 11.5 Å². The van der Waals surface area contributed by atoms with Gasteiger partial charge in [-0.15, -0.1) is 0 Å². The summed E-state index contributed by atoms with van der Waals surface area (Å²) in [5, 5.41) is 0. The Bertz CT molecular complexity index is 358. The average molecular weight is 192 g/mol. The van der Waals surface area contributed by atoms with Crippen LogP contribution < -0.4 is 9.47 Å². The lowest BCUT2D eigenvalue weighted by Gasteiger charge is -2.08. The van der Waals surface area contributed by atoms with E-state index in [4.69, 9.17) is 9.47 Å². The first-order valence-corrected chi connectivity index (χ1v) is 4.73. The van der Waals surface area contributed by atoms with Crippen LogP contribution in [0.2, 0.25) is 0 Å². The molecule has 0 atom stereocenters. The fourth-order valence-electron chi connectivity index (χ4n) is 1.63. The summed E-state index contributed by atoms with van der Waals surface area (Å²) in [6.45, 7) is 3.21. The minimum atomic E-state index is 0.606. The Morgan fingerprint density at radius 2 is 2.43 bits per heavy atom. The summed E-state index contributed by atoms with van der Waals surface area (Å²) in [6.07, 6.45) is 1.67. The van der Waals surface area contributed by atoms with Gasteiger partial charge in [0.15, 0.2) is 0 Å². The number of rotatable bonds is 3. The second kappa shape index (κ2) is 3.70. The fourth-order valence-corrected chi connectivity index (χ4v) is 1.63. The highest BCUT2D eigenvalue weighted by atomic mass is 16.5. The van der Waals surface area contributed by atoms with Crippen molar-refractivity contribution in [2.45, 2.75) is 13.3 Å². The standard InChI is InChI=1S/C11H12O3/c1-2-13-10-5-8(7-12)6-11-9(10)3-4-14-11/h5-7H,2-4H2,1H3. The van der Waals surface area contributed by atoms with Gasteiger partial charge in [-0.2, -0.15) is 0 Å². The number of hydrogen-bond acceptors (Lipinski definition) is 3. The molecule has 1 aromatic rings. The zero-order chi connectivity index (χ0) is 9.97. The minimum Gasteiger partial charge on any atom is -0.493 e. The monoisotopic (exact) mass is 192 g/mol. The molecule has 0 aromatic heterocycles. The molecule has 0 fully saturated rings. The van der Waals surface area contributed by atoms with Gasteiger partial charge in [-0.3, -0.25) is 4.79 Å². The van der Waals surface area contributed by atoms with E-state index in [0.29, 0.717) is 18.8 Å². The molecular formula is C11H12O3. The molecule has 0 amide bonds. The molecule has 2 rings (SSSR count). The van der Waals surface area contributed by atoms with Crippen molar-refractivity contribution in [2.75, 3.05) is 13.2 Å². The lowest BCUT2D eigenvalue weighted by Crippen LogP contribution is -1.96. The highest BCUT2D eigenvalue weighted by Gasteiger charge is 2.18. The maximum Gasteiger partial charge on any atom is 0.150 e. The van der Waals surface area contributed by atoms with Gasteiger partial charge in [-0.25, -0.2) is 0 Å². The van der Waals surface area contributed by atoms with E-state index in [9.17, 15) is 4.79 Å². The summed E-state index contributed by atoms with van der Waals surface area (Å²) in [5.74, 6) is 1.57. The molecule has 0 unspecified atom stereocenters. The number of carbonyl (C=O) groups is 1. The first-order chi connectivity index (χ1) is 6.85. The van der Waals surface area contributed by atoms with Crippen LogP contribution >= 0.6 is 0 Å². The molecule has 0 N–H and O–H groups in total. The third-order valence-electron chi connectivity index (χ3n) is 2.24. The number of benzene rings is 1. The maximum absolute atomic E-state index is 10.7. The Morgan fingerprint density at radius 3 is 3.14 bits per heavy atom. The molecule has 0 saturated heterocycles. The normalized spacial score (nSPS) is 13.2. The van der Waals surface area contributed by atoms with Crippen molar-refractivity contribution in [3.8, 4) is 11.5 Å². The van der Waals surface area contributed by atoms with E-state index in [2.05, 4.69) is 0 Å². The quantitative estimate of drug-likeness (QED) is 0.685. The smallest absolute Gasteiger partial charge is 0.150 e. The SMILES string of the molecule is CCOc1cc(C=O)cc2c1CCO2. The highest BCUT2D eigenvalue weighted by Crippen LogP contribution is 2.34. The van der Waals surface area contributed by atoms with Crippen LogP contribution in [0.4, 0.5) is 0 Å². The van der Waals surface area contributed by atoms with Gasteiger partial charge in [0.2, 0.25) is 0 Å². The van der Waals surface area contributed by atoms with Crippen molar-refractivity contribution in [2.24, 2.45) is 0 Å². The van der Waals surface area contributed by atoms with Gasteiger partial charge in [0, 0.05) is 17.5 Å². The second-order valence-corrected chi connectivity index (χ2v) is 3.15. The van der Waals surface area contributed by atoms with Crippen LogP contribution in [-0.4, -0.2) is 19.5 Å². The van der Waals surface area contributed by atoms with E-state index >= 15 is 0 Å². The minimum absolute atomic E-state index is 0.606. The number of fused-ring (bicyclic) bond motifs is 1. The number of aldehydes is 1. The zero-order valence-electron chi connectivity index (χ0n) is 8.08. The highest BCUT2D eigenvalue weighted by molar-refractivity contribution is 5.77. The Balaban J connectivity index is 2.46. The summed E-state index contributed by atoms with van der Waals surface area (Å²) in [7, 11) is 0. The summed E-state index contributed by atoms with van der Waals surface area (Å²) in [4.78, 5) is 10.7. The van der Waals surface area contributed by atoms with Crippen molar-refractivity contribution < 1.29 is 14.3 Å². The predicted molar refractivity (Wildman–Crippen MR) is 52.2 cm³/mol. The Hall–Kier alpha value is -1.51. The molecule has 0 aliphatic carbocycles. The number of carbonyl (C=O) groups excluding carboxylic acids is 1. The summed E-state index contributed by atoms with van der Waals surface area (Å²) in [5.41, 5.74) is 1.69. The maximum atomic E-state index is 10.7. The van der Waals surface area contributed by atoms with Crippen molar-refractivity contribution in [3.63, 3.8) is 0 Å². The number of ether oxygens (including phenoxy) is 2. The molecule has 1 aromatic carbocycles. The Kier molecular flexibility index (Phi) is 2.39. The number of hydrogen-bond donors (Lipinski definition) is 0. The first-order valence-electron chi connectivity index (χ1n) is 4.73. The summed E-state index contributed by atoms with van der Waals surface area (Å²) >= 11 is 0.